The Kier molecular flexibility index (Phi) is 5.08. The number of sulfonamides is 1. The maximum absolute atomic E-state index is 13.7. The van der Waals surface area contributed by atoms with E-state index in [-0.39, 0.29) is 29.5 Å². The van der Waals surface area contributed by atoms with Gasteiger partial charge in [-0.05, 0) is 30.7 Å². The lowest BCUT2D eigenvalue weighted by molar-refractivity contribution is -0.135. The number of rotatable bonds is 4. The van der Waals surface area contributed by atoms with Crippen molar-refractivity contribution in [3.05, 3.63) is 64.1 Å². The number of aromatic nitrogens is 1. The average Bonchev–Trinajstić information content (AvgIpc) is 2.95. The summed E-state index contributed by atoms with van der Waals surface area (Å²) in [5.74, 6) is -1.68. The summed E-state index contributed by atoms with van der Waals surface area (Å²) < 4.78 is 30.3. The quantitative estimate of drug-likeness (QED) is 0.764. The van der Waals surface area contributed by atoms with E-state index in [4.69, 9.17) is 0 Å². The first kappa shape index (κ1) is 20.8. The molecule has 1 aromatic carbocycles. The van der Waals surface area contributed by atoms with Crippen LogP contribution in [0.25, 0.3) is 0 Å². The molecule has 8 nitrogen and oxygen atoms in total. The minimum Gasteiger partial charge on any atom is -0.396 e. The number of aliphatic hydroxyl groups excluding tert-OH is 1. The molecular weight excluding hydrogens is 406 g/mol. The van der Waals surface area contributed by atoms with Gasteiger partial charge in [-0.25, -0.2) is 8.42 Å². The first-order chi connectivity index (χ1) is 14.2. The number of pyridine rings is 1. The first-order valence-corrected chi connectivity index (χ1v) is 11.2. The van der Waals surface area contributed by atoms with Gasteiger partial charge in [-0.2, -0.15) is 4.31 Å². The van der Waals surface area contributed by atoms with Crippen LogP contribution in [0, 0.1) is 18.8 Å². The number of carbonyl (C=O) groups is 1. The smallest absolute Gasteiger partial charge is 0.250 e. The summed E-state index contributed by atoms with van der Waals surface area (Å²) in [4.78, 5) is 27.2. The van der Waals surface area contributed by atoms with E-state index in [9.17, 15) is 23.1 Å². The van der Waals surface area contributed by atoms with Gasteiger partial charge in [0.1, 0.15) is 0 Å². The number of carbonyl (C=O) groups excluding carboxylic acids is 1. The molecule has 9 heteroatoms. The maximum Gasteiger partial charge on any atom is 0.250 e. The number of amides is 1. The summed E-state index contributed by atoms with van der Waals surface area (Å²) in [6.07, 6.45) is 0. The van der Waals surface area contributed by atoms with Gasteiger partial charge < -0.3 is 14.6 Å². The van der Waals surface area contributed by atoms with Crippen LogP contribution in [0.2, 0.25) is 0 Å². The molecular formula is C21H25N3O5S. The van der Waals surface area contributed by atoms with Crippen molar-refractivity contribution in [1.82, 2.24) is 13.8 Å². The standard InChI is InChI=1S/C21H25N3O5S/c1-13-6-4-7-14(10-13)30(28,29)24-17-11-23-16(8-5-9-18(23)26)20(24)19(15(17)12-25)21(27)22(2)3/h4-10,15,17,19-20,25H,11-12H2,1-3H3/t15-,17-,19+,20+/m0/s1. The number of fused-ring (bicyclic) bond motifs is 4. The molecule has 2 aliphatic rings. The zero-order chi connectivity index (χ0) is 21.8. The summed E-state index contributed by atoms with van der Waals surface area (Å²) >= 11 is 0. The molecule has 2 aromatic rings. The molecule has 0 aliphatic carbocycles. The van der Waals surface area contributed by atoms with Crippen LogP contribution in [0.1, 0.15) is 17.3 Å². The second-order valence-corrected chi connectivity index (χ2v) is 10.0. The predicted octanol–water partition coefficient (Wildman–Crippen LogP) is 0.597. The van der Waals surface area contributed by atoms with Crippen molar-refractivity contribution in [2.24, 2.45) is 11.8 Å². The van der Waals surface area contributed by atoms with Gasteiger partial charge in [0.2, 0.25) is 15.9 Å². The molecule has 0 saturated carbocycles. The maximum atomic E-state index is 13.7. The third-order valence-electron chi connectivity index (χ3n) is 6.15. The number of benzene rings is 1. The highest BCUT2D eigenvalue weighted by Crippen LogP contribution is 2.51. The molecule has 1 N–H and O–H groups in total. The summed E-state index contributed by atoms with van der Waals surface area (Å²) in [5, 5.41) is 10.2. The molecule has 0 unspecified atom stereocenters. The Balaban J connectivity index is 1.96. The Morgan fingerprint density at radius 3 is 2.53 bits per heavy atom. The molecule has 160 valence electrons. The molecule has 30 heavy (non-hydrogen) atoms. The van der Waals surface area contributed by atoms with Gasteiger partial charge in [0.15, 0.2) is 0 Å². The molecule has 1 fully saturated rings. The van der Waals surface area contributed by atoms with E-state index in [0.717, 1.165) is 5.56 Å². The van der Waals surface area contributed by atoms with Gasteiger partial charge in [0.25, 0.3) is 5.56 Å². The Morgan fingerprint density at radius 2 is 1.90 bits per heavy atom. The molecule has 1 amide bonds. The van der Waals surface area contributed by atoms with Gasteiger partial charge in [-0.15, -0.1) is 0 Å². The minimum atomic E-state index is -3.98. The lowest BCUT2D eigenvalue weighted by atomic mass is 9.86. The fraction of sp³-hybridized carbons (Fsp3) is 0.429. The Labute approximate surface area is 175 Å². The third-order valence-corrected chi connectivity index (χ3v) is 8.06. The van der Waals surface area contributed by atoms with E-state index >= 15 is 0 Å². The van der Waals surface area contributed by atoms with Crippen LogP contribution in [-0.4, -0.2) is 59.9 Å². The molecule has 1 saturated heterocycles. The molecule has 2 bridgehead atoms. The first-order valence-electron chi connectivity index (χ1n) is 9.80. The van der Waals surface area contributed by atoms with Crippen molar-refractivity contribution >= 4 is 15.9 Å². The summed E-state index contributed by atoms with van der Waals surface area (Å²) in [7, 11) is -0.760. The number of hydrogen-bond acceptors (Lipinski definition) is 5. The lowest BCUT2D eigenvalue weighted by Crippen LogP contribution is -2.48. The van der Waals surface area contributed by atoms with E-state index in [1.54, 1.807) is 38.4 Å². The highest BCUT2D eigenvalue weighted by molar-refractivity contribution is 7.89. The Hall–Kier alpha value is -2.49. The van der Waals surface area contributed by atoms with Crippen LogP contribution in [0.5, 0.6) is 0 Å². The topological polar surface area (TPSA) is 99.9 Å². The van der Waals surface area contributed by atoms with Crippen LogP contribution in [0.4, 0.5) is 0 Å². The number of hydrogen-bond donors (Lipinski definition) is 1. The van der Waals surface area contributed by atoms with Crippen molar-refractivity contribution in [2.45, 2.75) is 30.4 Å². The van der Waals surface area contributed by atoms with E-state index in [1.165, 1.54) is 25.9 Å². The van der Waals surface area contributed by atoms with Crippen LogP contribution >= 0.6 is 0 Å². The van der Waals surface area contributed by atoms with Crippen molar-refractivity contribution in [3.8, 4) is 0 Å². The normalized spacial score (nSPS) is 25.7. The molecule has 2 aliphatic heterocycles. The number of nitrogens with zero attached hydrogens (tertiary/aromatic N) is 3. The second kappa shape index (κ2) is 7.33. The predicted molar refractivity (Wildman–Crippen MR) is 110 cm³/mol. The van der Waals surface area contributed by atoms with E-state index in [0.29, 0.717) is 5.69 Å². The van der Waals surface area contributed by atoms with Crippen LogP contribution in [0.3, 0.4) is 0 Å². The highest BCUT2D eigenvalue weighted by atomic mass is 32.2. The van der Waals surface area contributed by atoms with Crippen LogP contribution in [-0.2, 0) is 21.4 Å². The summed E-state index contributed by atoms with van der Waals surface area (Å²) in [5.41, 5.74) is 1.03. The molecule has 1 aromatic heterocycles. The molecule has 4 atom stereocenters. The van der Waals surface area contributed by atoms with E-state index < -0.39 is 33.9 Å². The SMILES string of the molecule is Cc1cccc(S(=O)(=O)N2[C@@H]3c4cccc(=O)n4C[C@H]2[C@H](CO)[C@H]3C(=O)N(C)C)c1. The van der Waals surface area contributed by atoms with Crippen LogP contribution in [0.15, 0.2) is 52.2 Å². The Bertz CT molecular complexity index is 1160. The Morgan fingerprint density at radius 1 is 1.20 bits per heavy atom. The van der Waals surface area contributed by atoms with Gasteiger partial charge in [-0.1, -0.05) is 18.2 Å². The largest absolute Gasteiger partial charge is 0.396 e. The molecule has 0 spiro atoms. The third kappa shape index (κ3) is 3.00. The van der Waals surface area contributed by atoms with Crippen molar-refractivity contribution in [1.29, 1.82) is 0 Å². The van der Waals surface area contributed by atoms with Gasteiger partial charge in [0.05, 0.1) is 16.9 Å². The summed E-state index contributed by atoms with van der Waals surface area (Å²) in [6.45, 7) is 1.56. The van der Waals surface area contributed by atoms with E-state index in [1.807, 2.05) is 13.0 Å². The minimum absolute atomic E-state index is 0.0962. The van der Waals surface area contributed by atoms with Gasteiger partial charge in [0, 0.05) is 51.0 Å². The van der Waals surface area contributed by atoms with Gasteiger partial charge >= 0.3 is 0 Å². The molecule has 3 heterocycles. The molecule has 4 rings (SSSR count). The van der Waals surface area contributed by atoms with Gasteiger partial charge in [-0.3, -0.25) is 9.59 Å². The zero-order valence-electron chi connectivity index (χ0n) is 17.1. The number of aliphatic hydroxyl groups is 1. The highest BCUT2D eigenvalue weighted by Gasteiger charge is 2.60. The van der Waals surface area contributed by atoms with E-state index in [2.05, 4.69) is 0 Å². The average molecular weight is 432 g/mol. The fourth-order valence-corrected chi connectivity index (χ4v) is 6.76. The van der Waals surface area contributed by atoms with Crippen molar-refractivity contribution in [2.75, 3.05) is 20.7 Å². The second-order valence-electron chi connectivity index (χ2n) is 8.17. The zero-order valence-corrected chi connectivity index (χ0v) is 17.9. The monoisotopic (exact) mass is 431 g/mol. The fourth-order valence-electron chi connectivity index (χ4n) is 4.81. The summed E-state index contributed by atoms with van der Waals surface area (Å²) in [6, 6.07) is 9.74. The van der Waals surface area contributed by atoms with Crippen molar-refractivity contribution < 1.29 is 18.3 Å². The van der Waals surface area contributed by atoms with Crippen molar-refractivity contribution in [3.63, 3.8) is 0 Å². The number of aryl methyl sites for hydroxylation is 1. The molecule has 0 radical (unpaired) electrons. The lowest BCUT2D eigenvalue weighted by Gasteiger charge is -2.37. The van der Waals surface area contributed by atoms with Crippen LogP contribution < -0.4 is 5.56 Å².